The van der Waals surface area contributed by atoms with Crippen molar-refractivity contribution in [1.82, 2.24) is 5.32 Å². The van der Waals surface area contributed by atoms with E-state index in [1.165, 1.54) is 5.56 Å². The Morgan fingerprint density at radius 2 is 1.32 bits per heavy atom. The van der Waals surface area contributed by atoms with Gasteiger partial charge in [-0.1, -0.05) is 53.5 Å². The fraction of sp³-hybridized carbons (Fsp3) is 0.200. The Balaban J connectivity index is 1.86. The first-order valence-corrected chi connectivity index (χ1v) is 7.26. The fourth-order valence-corrected chi connectivity index (χ4v) is 2.25. The first kappa shape index (κ1) is 14.7. The van der Waals surface area contributed by atoms with Gasteiger partial charge in [-0.15, -0.1) is 11.6 Å². The van der Waals surface area contributed by atoms with E-state index in [9.17, 15) is 0 Å². The second kappa shape index (κ2) is 7.16. The number of hydrogen-bond acceptors (Lipinski definition) is 1. The maximum absolute atomic E-state index is 5.97. The molecule has 1 N–H and O–H groups in total. The van der Waals surface area contributed by atoms with Crippen LogP contribution in [0.1, 0.15) is 16.7 Å². The third kappa shape index (κ3) is 4.39. The molecular weight excluding hydrogens is 301 g/mol. The molecule has 1 nitrogen and oxygen atoms in total. The second-order valence-electron chi connectivity index (χ2n) is 4.30. The molecule has 0 atom stereocenters. The van der Waals surface area contributed by atoms with Crippen LogP contribution < -0.4 is 5.32 Å². The Morgan fingerprint density at radius 3 is 1.95 bits per heavy atom. The standard InChI is InChI=1S/C15H14Cl3N/c16-8-11-1-3-12(4-2-11)9-19-10-13-5-6-14(17)15(18)7-13/h1-7,19H,8-10H2. The van der Waals surface area contributed by atoms with Gasteiger partial charge in [-0.25, -0.2) is 0 Å². The average Bonchev–Trinajstić information content (AvgIpc) is 2.43. The molecule has 0 bridgehead atoms. The minimum absolute atomic E-state index is 0.553. The first-order chi connectivity index (χ1) is 9.19. The molecule has 4 heteroatoms. The number of halogens is 3. The number of nitrogens with one attached hydrogen (secondary N) is 1. The van der Waals surface area contributed by atoms with Crippen LogP contribution in [-0.4, -0.2) is 0 Å². The highest BCUT2D eigenvalue weighted by Gasteiger charge is 1.99. The van der Waals surface area contributed by atoms with Gasteiger partial charge in [0.05, 0.1) is 10.0 Å². The summed E-state index contributed by atoms with van der Waals surface area (Å²) in [5.41, 5.74) is 3.48. The van der Waals surface area contributed by atoms with Crippen LogP contribution in [0, 0.1) is 0 Å². The topological polar surface area (TPSA) is 12.0 Å². The molecule has 0 aromatic heterocycles. The highest BCUT2D eigenvalue weighted by Crippen LogP contribution is 2.22. The Hall–Kier alpha value is -0.730. The first-order valence-electron chi connectivity index (χ1n) is 5.97. The molecule has 0 aliphatic carbocycles. The van der Waals surface area contributed by atoms with E-state index in [2.05, 4.69) is 17.4 Å². The van der Waals surface area contributed by atoms with Crippen LogP contribution in [0.3, 0.4) is 0 Å². The SMILES string of the molecule is ClCc1ccc(CNCc2ccc(Cl)c(Cl)c2)cc1. The van der Waals surface area contributed by atoms with Crippen molar-refractivity contribution in [3.05, 3.63) is 69.2 Å². The van der Waals surface area contributed by atoms with Crippen LogP contribution >= 0.6 is 34.8 Å². The van der Waals surface area contributed by atoms with E-state index in [0.717, 1.165) is 24.2 Å². The summed E-state index contributed by atoms with van der Waals surface area (Å²) in [4.78, 5) is 0. The van der Waals surface area contributed by atoms with Gasteiger partial charge in [0.1, 0.15) is 0 Å². The average molecular weight is 315 g/mol. The van der Waals surface area contributed by atoms with Crippen LogP contribution in [0.2, 0.25) is 10.0 Å². The maximum Gasteiger partial charge on any atom is 0.0595 e. The van der Waals surface area contributed by atoms with Crippen LogP contribution in [0.15, 0.2) is 42.5 Å². The van der Waals surface area contributed by atoms with Gasteiger partial charge in [0.25, 0.3) is 0 Å². The predicted octanol–water partition coefficient (Wildman–Crippen LogP) is 5.02. The van der Waals surface area contributed by atoms with E-state index >= 15 is 0 Å². The minimum Gasteiger partial charge on any atom is -0.309 e. The van der Waals surface area contributed by atoms with Crippen molar-refractivity contribution in [2.45, 2.75) is 19.0 Å². The van der Waals surface area contributed by atoms with Gasteiger partial charge in [-0.2, -0.15) is 0 Å². The molecule has 0 heterocycles. The molecule has 2 aromatic carbocycles. The lowest BCUT2D eigenvalue weighted by Gasteiger charge is -2.07. The Bertz CT molecular complexity index is 538. The zero-order valence-electron chi connectivity index (χ0n) is 10.3. The summed E-state index contributed by atoms with van der Waals surface area (Å²) in [6.07, 6.45) is 0. The van der Waals surface area contributed by atoms with Crippen molar-refractivity contribution < 1.29 is 0 Å². The van der Waals surface area contributed by atoms with Gasteiger partial charge in [-0.3, -0.25) is 0 Å². The summed E-state index contributed by atoms with van der Waals surface area (Å²) in [5.74, 6) is 0.553. The summed E-state index contributed by atoms with van der Waals surface area (Å²) < 4.78 is 0. The second-order valence-corrected chi connectivity index (χ2v) is 5.38. The van der Waals surface area contributed by atoms with E-state index in [1.807, 2.05) is 30.3 Å². The Labute approximate surface area is 128 Å². The highest BCUT2D eigenvalue weighted by atomic mass is 35.5. The summed E-state index contributed by atoms with van der Waals surface area (Å²) in [6.45, 7) is 1.57. The van der Waals surface area contributed by atoms with E-state index in [0.29, 0.717) is 15.9 Å². The molecule has 0 saturated heterocycles. The van der Waals surface area contributed by atoms with Gasteiger partial charge < -0.3 is 5.32 Å². The van der Waals surface area contributed by atoms with Crippen LogP contribution in [-0.2, 0) is 19.0 Å². The number of alkyl halides is 1. The van der Waals surface area contributed by atoms with Crippen molar-refractivity contribution in [2.75, 3.05) is 0 Å². The summed E-state index contributed by atoms with van der Waals surface area (Å²) in [5, 5.41) is 4.54. The molecule has 0 aliphatic rings. The quantitative estimate of drug-likeness (QED) is 0.764. The molecule has 2 aromatic rings. The van der Waals surface area contributed by atoms with E-state index < -0.39 is 0 Å². The zero-order chi connectivity index (χ0) is 13.7. The molecule has 0 saturated carbocycles. The van der Waals surface area contributed by atoms with Gasteiger partial charge in [0.15, 0.2) is 0 Å². The lowest BCUT2D eigenvalue weighted by Crippen LogP contribution is -2.12. The molecule has 2 rings (SSSR count). The highest BCUT2D eigenvalue weighted by molar-refractivity contribution is 6.42. The van der Waals surface area contributed by atoms with Gasteiger partial charge in [-0.05, 0) is 28.8 Å². The minimum atomic E-state index is 0.553. The molecule has 0 aliphatic heterocycles. The normalized spacial score (nSPS) is 10.7. The maximum atomic E-state index is 5.97. The van der Waals surface area contributed by atoms with Crippen molar-refractivity contribution in [1.29, 1.82) is 0 Å². The molecule has 0 unspecified atom stereocenters. The molecule has 19 heavy (non-hydrogen) atoms. The van der Waals surface area contributed by atoms with Crippen LogP contribution in [0.25, 0.3) is 0 Å². The van der Waals surface area contributed by atoms with Crippen LogP contribution in [0.5, 0.6) is 0 Å². The van der Waals surface area contributed by atoms with E-state index in [4.69, 9.17) is 34.8 Å². The Kier molecular flexibility index (Phi) is 5.53. The van der Waals surface area contributed by atoms with E-state index in [1.54, 1.807) is 0 Å². The Morgan fingerprint density at radius 1 is 0.737 bits per heavy atom. The summed E-state index contributed by atoms with van der Waals surface area (Å²) in [7, 11) is 0. The van der Waals surface area contributed by atoms with Crippen molar-refractivity contribution in [3.8, 4) is 0 Å². The molecule has 0 radical (unpaired) electrons. The predicted molar refractivity (Wildman–Crippen MR) is 83.0 cm³/mol. The molecular formula is C15H14Cl3N. The van der Waals surface area contributed by atoms with Crippen molar-refractivity contribution in [3.63, 3.8) is 0 Å². The zero-order valence-corrected chi connectivity index (χ0v) is 12.6. The van der Waals surface area contributed by atoms with Crippen molar-refractivity contribution >= 4 is 34.8 Å². The number of rotatable bonds is 5. The lowest BCUT2D eigenvalue weighted by atomic mass is 10.1. The largest absolute Gasteiger partial charge is 0.309 e. The molecule has 0 amide bonds. The smallest absolute Gasteiger partial charge is 0.0595 e. The van der Waals surface area contributed by atoms with Crippen LogP contribution in [0.4, 0.5) is 0 Å². The third-order valence-corrected chi connectivity index (χ3v) is 3.87. The van der Waals surface area contributed by atoms with Gasteiger partial charge >= 0.3 is 0 Å². The summed E-state index contributed by atoms with van der Waals surface area (Å²) in [6, 6.07) is 13.9. The van der Waals surface area contributed by atoms with Crippen molar-refractivity contribution in [2.24, 2.45) is 0 Å². The van der Waals surface area contributed by atoms with Gasteiger partial charge in [0.2, 0.25) is 0 Å². The van der Waals surface area contributed by atoms with Gasteiger partial charge in [0, 0.05) is 19.0 Å². The fourth-order valence-electron chi connectivity index (χ4n) is 1.75. The van der Waals surface area contributed by atoms with E-state index in [-0.39, 0.29) is 0 Å². The monoisotopic (exact) mass is 313 g/mol. The summed E-state index contributed by atoms with van der Waals surface area (Å²) >= 11 is 17.6. The molecule has 0 fully saturated rings. The molecule has 100 valence electrons. The lowest BCUT2D eigenvalue weighted by molar-refractivity contribution is 0.693. The number of benzene rings is 2. The molecule has 0 spiro atoms. The third-order valence-electron chi connectivity index (χ3n) is 2.82. The number of hydrogen-bond donors (Lipinski definition) is 1.